The number of allylic oxidation sites excluding steroid dienone is 1. The molecule has 0 aliphatic rings. The molecule has 0 aliphatic heterocycles. The molecule has 0 aliphatic carbocycles. The summed E-state index contributed by atoms with van der Waals surface area (Å²) >= 11 is 0. The maximum atomic E-state index is 11.0. The molecule has 13 heavy (non-hydrogen) atoms. The SMILES string of the molecule is COC(=O)/C=C(/CC(C)C)C(C)C. The molecular weight excluding hydrogens is 164 g/mol. The van der Waals surface area contributed by atoms with Crippen LogP contribution in [0.3, 0.4) is 0 Å². The van der Waals surface area contributed by atoms with E-state index in [0.29, 0.717) is 11.8 Å². The molecule has 2 nitrogen and oxygen atoms in total. The number of hydrogen-bond acceptors (Lipinski definition) is 2. The van der Waals surface area contributed by atoms with Gasteiger partial charge in [0.1, 0.15) is 0 Å². The lowest BCUT2D eigenvalue weighted by molar-refractivity contribution is -0.134. The third-order valence-electron chi connectivity index (χ3n) is 1.89. The lowest BCUT2D eigenvalue weighted by Gasteiger charge is -2.13. The molecular formula is C11H20O2. The standard InChI is InChI=1S/C11H20O2/c1-8(2)6-10(9(3)4)7-11(12)13-5/h7-9H,6H2,1-5H3/b10-7-. The van der Waals surface area contributed by atoms with Gasteiger partial charge in [0.15, 0.2) is 0 Å². The van der Waals surface area contributed by atoms with E-state index in [0.717, 1.165) is 6.42 Å². The topological polar surface area (TPSA) is 26.3 Å². The second-order valence-electron chi connectivity index (χ2n) is 4.00. The predicted octanol–water partition coefficient (Wildman–Crippen LogP) is 2.79. The van der Waals surface area contributed by atoms with Gasteiger partial charge in [0.05, 0.1) is 7.11 Å². The maximum Gasteiger partial charge on any atom is 0.330 e. The molecule has 0 bridgehead atoms. The molecule has 76 valence electrons. The van der Waals surface area contributed by atoms with E-state index in [2.05, 4.69) is 32.4 Å². The minimum absolute atomic E-state index is 0.246. The molecule has 0 N–H and O–H groups in total. The monoisotopic (exact) mass is 184 g/mol. The van der Waals surface area contributed by atoms with Crippen LogP contribution in [-0.2, 0) is 9.53 Å². The Kier molecular flexibility index (Phi) is 5.44. The van der Waals surface area contributed by atoms with Gasteiger partial charge in [0.25, 0.3) is 0 Å². The number of methoxy groups -OCH3 is 1. The first-order valence-electron chi connectivity index (χ1n) is 4.75. The fraction of sp³-hybridized carbons (Fsp3) is 0.727. The first kappa shape index (κ1) is 12.2. The van der Waals surface area contributed by atoms with E-state index in [-0.39, 0.29) is 5.97 Å². The minimum Gasteiger partial charge on any atom is -0.466 e. The molecule has 0 fully saturated rings. The van der Waals surface area contributed by atoms with Crippen molar-refractivity contribution in [3.05, 3.63) is 11.6 Å². The van der Waals surface area contributed by atoms with Gasteiger partial charge < -0.3 is 4.74 Å². The van der Waals surface area contributed by atoms with Gasteiger partial charge in [-0.25, -0.2) is 4.79 Å². The highest BCUT2D eigenvalue weighted by molar-refractivity contribution is 5.82. The van der Waals surface area contributed by atoms with Crippen molar-refractivity contribution in [1.29, 1.82) is 0 Å². The van der Waals surface area contributed by atoms with Gasteiger partial charge in [-0.1, -0.05) is 33.3 Å². The lowest BCUT2D eigenvalue weighted by Crippen LogP contribution is -2.04. The Bertz CT molecular complexity index is 190. The second kappa shape index (κ2) is 5.79. The van der Waals surface area contributed by atoms with Crippen molar-refractivity contribution in [2.45, 2.75) is 34.1 Å². The van der Waals surface area contributed by atoms with Gasteiger partial charge in [-0.3, -0.25) is 0 Å². The van der Waals surface area contributed by atoms with Crippen LogP contribution in [0, 0.1) is 11.8 Å². The fourth-order valence-corrected chi connectivity index (χ4v) is 1.14. The Balaban J connectivity index is 4.41. The van der Waals surface area contributed by atoms with Crippen LogP contribution < -0.4 is 0 Å². The molecule has 0 spiro atoms. The van der Waals surface area contributed by atoms with Crippen molar-refractivity contribution in [3.63, 3.8) is 0 Å². The smallest absolute Gasteiger partial charge is 0.330 e. The minimum atomic E-state index is -0.246. The molecule has 0 unspecified atom stereocenters. The first-order chi connectivity index (χ1) is 5.97. The molecule has 0 rings (SSSR count). The third kappa shape index (κ3) is 5.45. The first-order valence-corrected chi connectivity index (χ1v) is 4.75. The van der Waals surface area contributed by atoms with Crippen LogP contribution in [0.2, 0.25) is 0 Å². The molecule has 0 aromatic carbocycles. The summed E-state index contributed by atoms with van der Waals surface area (Å²) in [6.07, 6.45) is 2.58. The van der Waals surface area contributed by atoms with E-state index >= 15 is 0 Å². The quantitative estimate of drug-likeness (QED) is 0.496. The zero-order valence-corrected chi connectivity index (χ0v) is 9.26. The van der Waals surface area contributed by atoms with Gasteiger partial charge in [-0.15, -0.1) is 0 Å². The molecule has 0 aromatic heterocycles. The molecule has 0 heterocycles. The summed E-state index contributed by atoms with van der Waals surface area (Å²) < 4.78 is 4.60. The highest BCUT2D eigenvalue weighted by Crippen LogP contribution is 2.18. The van der Waals surface area contributed by atoms with Crippen LogP contribution in [0.1, 0.15) is 34.1 Å². The van der Waals surface area contributed by atoms with E-state index in [1.807, 2.05) is 0 Å². The van der Waals surface area contributed by atoms with Crippen LogP contribution in [0.5, 0.6) is 0 Å². The highest BCUT2D eigenvalue weighted by Gasteiger charge is 2.08. The molecule has 0 aromatic rings. The van der Waals surface area contributed by atoms with Gasteiger partial charge in [0, 0.05) is 6.08 Å². The summed E-state index contributed by atoms with van der Waals surface area (Å²) in [5.74, 6) is 0.754. The Morgan fingerprint density at radius 2 is 1.85 bits per heavy atom. The molecule has 0 radical (unpaired) electrons. The second-order valence-corrected chi connectivity index (χ2v) is 4.00. The van der Waals surface area contributed by atoms with Crippen LogP contribution in [0.15, 0.2) is 11.6 Å². The van der Waals surface area contributed by atoms with E-state index < -0.39 is 0 Å². The van der Waals surface area contributed by atoms with E-state index in [4.69, 9.17) is 0 Å². The summed E-state index contributed by atoms with van der Waals surface area (Å²) in [6, 6.07) is 0. The van der Waals surface area contributed by atoms with Gasteiger partial charge in [0.2, 0.25) is 0 Å². The van der Waals surface area contributed by atoms with Crippen molar-refractivity contribution in [3.8, 4) is 0 Å². The van der Waals surface area contributed by atoms with Crippen molar-refractivity contribution < 1.29 is 9.53 Å². The number of hydrogen-bond donors (Lipinski definition) is 0. The third-order valence-corrected chi connectivity index (χ3v) is 1.89. The summed E-state index contributed by atoms with van der Waals surface area (Å²) in [7, 11) is 1.41. The molecule has 0 saturated heterocycles. The van der Waals surface area contributed by atoms with Crippen molar-refractivity contribution in [1.82, 2.24) is 0 Å². The Labute approximate surface area is 81.0 Å². The Hall–Kier alpha value is -0.790. The molecule has 0 saturated carbocycles. The van der Waals surface area contributed by atoms with Gasteiger partial charge in [-0.2, -0.15) is 0 Å². The zero-order chi connectivity index (χ0) is 10.4. The normalized spacial score (nSPS) is 12.4. The summed E-state index contributed by atoms with van der Waals surface area (Å²) in [4.78, 5) is 11.0. The van der Waals surface area contributed by atoms with Crippen LogP contribution in [-0.4, -0.2) is 13.1 Å². The molecule has 0 amide bonds. The number of carbonyl (C=O) groups excluding carboxylic acids is 1. The van der Waals surface area contributed by atoms with Crippen LogP contribution in [0.25, 0.3) is 0 Å². The zero-order valence-electron chi connectivity index (χ0n) is 9.26. The molecule has 2 heteroatoms. The van der Waals surface area contributed by atoms with Gasteiger partial charge >= 0.3 is 5.97 Å². The maximum absolute atomic E-state index is 11.0. The van der Waals surface area contributed by atoms with Crippen LogP contribution >= 0.6 is 0 Å². The average molecular weight is 184 g/mol. The average Bonchev–Trinajstić information content (AvgIpc) is 2.02. The Morgan fingerprint density at radius 1 is 1.31 bits per heavy atom. The van der Waals surface area contributed by atoms with Crippen molar-refractivity contribution in [2.24, 2.45) is 11.8 Å². The van der Waals surface area contributed by atoms with Gasteiger partial charge in [-0.05, 0) is 18.3 Å². The fourth-order valence-electron chi connectivity index (χ4n) is 1.14. The summed E-state index contributed by atoms with van der Waals surface area (Å²) in [5, 5.41) is 0. The predicted molar refractivity (Wildman–Crippen MR) is 54.4 cm³/mol. The lowest BCUT2D eigenvalue weighted by atomic mass is 9.94. The van der Waals surface area contributed by atoms with Crippen molar-refractivity contribution in [2.75, 3.05) is 7.11 Å². The number of ether oxygens (including phenoxy) is 1. The number of rotatable bonds is 4. The number of esters is 1. The largest absolute Gasteiger partial charge is 0.466 e. The number of carbonyl (C=O) groups is 1. The summed E-state index contributed by atoms with van der Waals surface area (Å²) in [6.45, 7) is 8.48. The Morgan fingerprint density at radius 3 is 2.15 bits per heavy atom. The van der Waals surface area contributed by atoms with Crippen molar-refractivity contribution >= 4 is 5.97 Å². The highest BCUT2D eigenvalue weighted by atomic mass is 16.5. The van der Waals surface area contributed by atoms with E-state index in [1.165, 1.54) is 12.7 Å². The molecule has 0 atom stereocenters. The van der Waals surface area contributed by atoms with E-state index in [9.17, 15) is 4.79 Å². The van der Waals surface area contributed by atoms with Crippen LogP contribution in [0.4, 0.5) is 0 Å². The van der Waals surface area contributed by atoms with E-state index in [1.54, 1.807) is 6.08 Å². The summed E-state index contributed by atoms with van der Waals surface area (Å²) in [5.41, 5.74) is 1.17.